The van der Waals surface area contributed by atoms with E-state index in [1.807, 2.05) is 0 Å². The van der Waals surface area contributed by atoms with Crippen LogP contribution in [0.5, 0.6) is 0 Å². The van der Waals surface area contributed by atoms with Crippen molar-refractivity contribution >= 4 is 195 Å². The smallest absolute Gasteiger partial charge is 0.00813 e. The molecular weight excluding hydrogens is 1400 g/mol. The highest BCUT2D eigenvalue weighted by Gasteiger charge is 2.60. The number of fused-ring (bicyclic) bond motifs is 20. The normalized spacial score (nSPS) is 38.9. The fraction of sp³-hybridized carbons (Fsp3) is 1.00. The van der Waals surface area contributed by atoms with Crippen LogP contribution in [0, 0.1) is 94.7 Å². The van der Waals surface area contributed by atoms with Gasteiger partial charge in [-0.05, 0) is 392 Å². The minimum absolute atomic E-state index is 0.994. The molecule has 24 unspecified atom stereocenters. The highest BCUT2D eigenvalue weighted by atomic mass is 32.2. The average molecular weight is 1530 g/mol. The van der Waals surface area contributed by atoms with E-state index < -0.39 is 0 Å². The Morgan fingerprint density at radius 2 is 0.467 bits per heavy atom. The van der Waals surface area contributed by atoms with Crippen LogP contribution in [0.2, 0.25) is 0 Å². The van der Waals surface area contributed by atoms with Gasteiger partial charge in [0.2, 0.25) is 0 Å². The van der Waals surface area contributed by atoms with E-state index in [9.17, 15) is 0 Å². The molecule has 24 atom stereocenters. The minimum atomic E-state index is 0.994. The maximum absolute atomic E-state index is 4.34. The van der Waals surface area contributed by atoms with Gasteiger partial charge in [-0.25, -0.2) is 0 Å². The third-order valence-corrected chi connectivity index (χ3v) is 39.5. The monoisotopic (exact) mass is 1530 g/mol. The molecule has 0 saturated heterocycles. The Labute approximate surface area is 635 Å². The summed E-state index contributed by atoms with van der Waals surface area (Å²) in [5, 5.41) is 8.05. The first-order valence-electron chi connectivity index (χ1n) is 38.2. The number of hydrogen-bond acceptors (Lipinski definition) is 16. The second-order valence-corrected chi connectivity index (χ2v) is 44.8. The number of unbranched alkanes of at least 4 members (excludes halogenated alkanes) is 10. The standard InChI is InChI=1S/C20H36S4.3C18H32S4/c21-9-3-1-5-11-23-18-8-7-16-15-13-17(20(16)18)19(14-15)24-12-6-2-4-10-22;19-7-1-3-9-21-16-6-5-14-15-11-13(18(14)16)12-17(15)22-10-4-2-8-20;19-7-1-3-9-21-16-6-5-14-13-11-15(18(14)16)17(12-13)22-10-4-2-8-20;19-5-1-3-7-21-14-11-15-13-9-17(16(15)12-14)18(10-13)22-8-4-2-6-20/h15-22H,1-14H2;3*13-20H,1-12H2. The zero-order chi connectivity index (χ0) is 62.9. The minimum Gasteiger partial charge on any atom is -0.179 e. The first-order valence-corrected chi connectivity index (χ1v) is 51.6. The summed E-state index contributed by atoms with van der Waals surface area (Å²) in [6.45, 7) is 0. The maximum Gasteiger partial charge on any atom is 0.00813 e. The van der Waals surface area contributed by atoms with Crippen molar-refractivity contribution in [1.82, 2.24) is 0 Å². The lowest BCUT2D eigenvalue weighted by molar-refractivity contribution is 0.266. The summed E-state index contributed by atoms with van der Waals surface area (Å²) in [4.78, 5) is 0. The fourth-order valence-corrected chi connectivity index (χ4v) is 35.8. The third kappa shape index (κ3) is 23.1. The van der Waals surface area contributed by atoms with E-state index in [1.165, 1.54) is 181 Å². The molecule has 0 aromatic carbocycles. The summed E-state index contributed by atoms with van der Waals surface area (Å²) in [7, 11) is 0. The summed E-state index contributed by atoms with van der Waals surface area (Å²) in [6, 6.07) is 0. The van der Waals surface area contributed by atoms with E-state index in [4.69, 9.17) is 0 Å². The van der Waals surface area contributed by atoms with Crippen LogP contribution in [0.15, 0.2) is 0 Å². The molecule has 0 heterocycles. The molecule has 12 saturated carbocycles. The van der Waals surface area contributed by atoms with Gasteiger partial charge in [-0.2, -0.15) is 195 Å². The molecule has 524 valence electrons. The van der Waals surface area contributed by atoms with Crippen LogP contribution in [-0.4, -0.2) is 134 Å². The first-order chi connectivity index (χ1) is 44.4. The van der Waals surface area contributed by atoms with Gasteiger partial charge >= 0.3 is 0 Å². The van der Waals surface area contributed by atoms with Gasteiger partial charge in [0, 0.05) is 42.0 Å². The van der Waals surface area contributed by atoms with E-state index in [0.717, 1.165) is 183 Å². The molecule has 0 aromatic rings. The molecule has 0 amide bonds. The summed E-state index contributed by atoms with van der Waals surface area (Å²) in [5.74, 6) is 37.1. The van der Waals surface area contributed by atoms with Crippen LogP contribution >= 0.6 is 195 Å². The van der Waals surface area contributed by atoms with Crippen molar-refractivity contribution in [3.05, 3.63) is 0 Å². The number of thioether (sulfide) groups is 8. The molecule has 90 heavy (non-hydrogen) atoms. The Hall–Kier alpha value is 5.60. The van der Waals surface area contributed by atoms with Crippen molar-refractivity contribution in [3.8, 4) is 0 Å². The molecule has 12 aliphatic carbocycles. The van der Waals surface area contributed by atoms with Crippen LogP contribution in [0.3, 0.4) is 0 Å². The topological polar surface area (TPSA) is 0 Å². The fourth-order valence-electron chi connectivity index (χ4n) is 21.4. The molecule has 8 bridgehead atoms. The third-order valence-electron chi connectivity index (χ3n) is 25.1. The summed E-state index contributed by atoms with van der Waals surface area (Å²) in [6.07, 6.45) is 49.1. The Morgan fingerprint density at radius 1 is 0.189 bits per heavy atom. The van der Waals surface area contributed by atoms with Gasteiger partial charge in [-0.15, -0.1) is 0 Å². The van der Waals surface area contributed by atoms with Crippen LogP contribution in [0.4, 0.5) is 0 Å². The van der Waals surface area contributed by atoms with Crippen LogP contribution < -0.4 is 0 Å². The van der Waals surface area contributed by atoms with Crippen molar-refractivity contribution in [2.45, 2.75) is 260 Å². The molecule has 12 aliphatic rings. The van der Waals surface area contributed by atoms with Gasteiger partial charge in [0.05, 0.1) is 0 Å². The van der Waals surface area contributed by atoms with Gasteiger partial charge in [-0.1, -0.05) is 12.8 Å². The van der Waals surface area contributed by atoms with Gasteiger partial charge in [-0.3, -0.25) is 0 Å². The lowest BCUT2D eigenvalue weighted by Crippen LogP contribution is -2.31. The number of rotatable bonds is 42. The highest BCUT2D eigenvalue weighted by molar-refractivity contribution is 8.01. The van der Waals surface area contributed by atoms with Crippen molar-refractivity contribution in [2.24, 2.45) is 94.7 Å². The predicted molar refractivity (Wildman–Crippen MR) is 454 cm³/mol. The van der Waals surface area contributed by atoms with Gasteiger partial charge in [0.25, 0.3) is 0 Å². The van der Waals surface area contributed by atoms with Crippen LogP contribution in [-0.2, 0) is 0 Å². The quantitative estimate of drug-likeness (QED) is 0.0222. The summed E-state index contributed by atoms with van der Waals surface area (Å²) < 4.78 is 0. The molecule has 16 heteroatoms. The highest BCUT2D eigenvalue weighted by Crippen LogP contribution is 2.67. The molecule has 12 fully saturated rings. The molecule has 0 aromatic heterocycles. The van der Waals surface area contributed by atoms with Crippen molar-refractivity contribution in [1.29, 1.82) is 0 Å². The van der Waals surface area contributed by atoms with Gasteiger partial charge < -0.3 is 0 Å². The maximum atomic E-state index is 4.34. The Kier molecular flexibility index (Phi) is 39.9. The van der Waals surface area contributed by atoms with Gasteiger partial charge in [0.15, 0.2) is 0 Å². The first kappa shape index (κ1) is 79.7. The number of thiol groups is 8. The van der Waals surface area contributed by atoms with E-state index >= 15 is 0 Å². The Bertz CT molecular complexity index is 1870. The molecule has 0 radical (unpaired) electrons. The Balaban J connectivity index is 0.000000142. The second kappa shape index (κ2) is 45.1. The molecule has 0 aliphatic heterocycles. The second-order valence-electron chi connectivity index (χ2n) is 30.3. The zero-order valence-electron chi connectivity index (χ0n) is 56.1. The van der Waals surface area contributed by atoms with Crippen LogP contribution in [0.25, 0.3) is 0 Å². The Morgan fingerprint density at radius 3 is 0.878 bits per heavy atom. The SMILES string of the molecule is SCCCCCSC1CC2CC1C1C(SCCCCCS)CCC21.SCCCCSC1CC2C3CC(SCCCCS)C(C3)C2C1.SCCCCSC1CC2CC1C1C(SCCCCS)CCC21.SCCCCSC1CC2CC1C1CCC(SCCCCS)C21. The van der Waals surface area contributed by atoms with Crippen LogP contribution in [0.1, 0.15) is 218 Å². The lowest BCUT2D eigenvalue weighted by atomic mass is 9.81. The van der Waals surface area contributed by atoms with Crippen molar-refractivity contribution in [2.75, 3.05) is 92.0 Å². The average Bonchev–Trinajstić information content (AvgIpc) is 1.63. The van der Waals surface area contributed by atoms with Crippen molar-refractivity contribution in [3.63, 3.8) is 0 Å². The van der Waals surface area contributed by atoms with E-state index in [1.54, 1.807) is 83.5 Å². The summed E-state index contributed by atoms with van der Waals surface area (Å²) in [5.41, 5.74) is 0. The molecule has 0 N–H and O–H groups in total. The van der Waals surface area contributed by atoms with Crippen molar-refractivity contribution < 1.29 is 0 Å². The molecule has 0 spiro atoms. The van der Waals surface area contributed by atoms with E-state index in [-0.39, 0.29) is 0 Å². The molecular formula is C74H132S16. The van der Waals surface area contributed by atoms with E-state index in [2.05, 4.69) is 195 Å². The molecule has 0 nitrogen and oxygen atoms in total. The predicted octanol–water partition coefficient (Wildman–Crippen LogP) is 23.5. The lowest BCUT2D eigenvalue weighted by Gasteiger charge is -2.34. The zero-order valence-corrected chi connectivity index (χ0v) is 69.7. The van der Waals surface area contributed by atoms with E-state index in [0.29, 0.717) is 0 Å². The number of hydrogen-bond donors (Lipinski definition) is 8. The van der Waals surface area contributed by atoms with Gasteiger partial charge in [0.1, 0.15) is 0 Å². The summed E-state index contributed by atoms with van der Waals surface area (Å²) >= 11 is 53.2. The largest absolute Gasteiger partial charge is 0.179 e. The molecule has 12 rings (SSSR count).